The number of carbonyl (C=O) groups excluding carboxylic acids is 1. The minimum atomic E-state index is -0.209. The number of anilines is 1. The molecule has 0 spiro atoms. The minimum absolute atomic E-state index is 0.125. The molecule has 3 aromatic rings. The molecule has 0 bridgehead atoms. The predicted octanol–water partition coefficient (Wildman–Crippen LogP) is 4.19. The summed E-state index contributed by atoms with van der Waals surface area (Å²) in [4.78, 5) is 25.8. The molecular weight excluding hydrogens is 312 g/mol. The largest absolute Gasteiger partial charge is 0.319 e. The second-order valence-corrected chi connectivity index (χ2v) is 7.32. The van der Waals surface area contributed by atoms with Gasteiger partial charge in [-0.2, -0.15) is 0 Å². The molecule has 2 aromatic heterocycles. The fourth-order valence-corrected chi connectivity index (χ4v) is 2.58. The molecule has 1 N–H and O–H groups in total. The Morgan fingerprint density at radius 2 is 1.72 bits per heavy atom. The van der Waals surface area contributed by atoms with Gasteiger partial charge in [-0.3, -0.25) is 9.78 Å². The lowest BCUT2D eigenvalue weighted by Gasteiger charge is -2.16. The van der Waals surface area contributed by atoms with Gasteiger partial charge in [0.15, 0.2) is 0 Å². The van der Waals surface area contributed by atoms with Crippen LogP contribution in [0.5, 0.6) is 0 Å². The van der Waals surface area contributed by atoms with E-state index in [2.05, 4.69) is 20.3 Å². The van der Waals surface area contributed by atoms with Crippen LogP contribution in [0.15, 0.2) is 36.7 Å². The van der Waals surface area contributed by atoms with Gasteiger partial charge in [0.05, 0.1) is 34.9 Å². The Hall–Kier alpha value is -2.82. The SMILES string of the molecule is Cc1ccc2cc(C(=O)Nc3cnc(C(C)(C)C)nc3)c(C)nc2c1. The lowest BCUT2D eigenvalue weighted by atomic mass is 9.96. The van der Waals surface area contributed by atoms with Crippen molar-refractivity contribution in [1.82, 2.24) is 15.0 Å². The first-order chi connectivity index (χ1) is 11.7. The lowest BCUT2D eigenvalue weighted by Crippen LogP contribution is -2.18. The highest BCUT2D eigenvalue weighted by Crippen LogP contribution is 2.20. The van der Waals surface area contributed by atoms with E-state index in [1.807, 2.05) is 58.9 Å². The summed E-state index contributed by atoms with van der Waals surface area (Å²) in [6.45, 7) is 10.0. The molecule has 0 atom stereocenters. The highest BCUT2D eigenvalue weighted by Gasteiger charge is 2.17. The van der Waals surface area contributed by atoms with Gasteiger partial charge in [0, 0.05) is 10.8 Å². The van der Waals surface area contributed by atoms with Crippen LogP contribution in [-0.2, 0) is 5.41 Å². The maximum atomic E-state index is 12.6. The molecule has 0 unspecified atom stereocenters. The van der Waals surface area contributed by atoms with Crippen molar-refractivity contribution in [3.63, 3.8) is 0 Å². The van der Waals surface area contributed by atoms with Crippen LogP contribution in [0.3, 0.4) is 0 Å². The number of hydrogen-bond donors (Lipinski definition) is 1. The third-order valence-corrected chi connectivity index (χ3v) is 3.99. The zero-order valence-electron chi connectivity index (χ0n) is 15.2. The first kappa shape index (κ1) is 17.0. The second-order valence-electron chi connectivity index (χ2n) is 7.32. The maximum absolute atomic E-state index is 12.6. The molecule has 25 heavy (non-hydrogen) atoms. The summed E-state index contributed by atoms with van der Waals surface area (Å²) in [6, 6.07) is 7.88. The standard InChI is InChI=1S/C20H22N4O/c1-12-6-7-14-9-16(13(2)23-17(14)8-12)18(25)24-15-10-21-19(22-11-15)20(3,4)5/h6-11H,1-5H3,(H,24,25). The van der Waals surface area contributed by atoms with Gasteiger partial charge in [-0.15, -0.1) is 0 Å². The summed E-state index contributed by atoms with van der Waals surface area (Å²) >= 11 is 0. The van der Waals surface area contributed by atoms with Gasteiger partial charge < -0.3 is 5.32 Å². The highest BCUT2D eigenvalue weighted by atomic mass is 16.1. The molecule has 0 fully saturated rings. The van der Waals surface area contributed by atoms with Crippen molar-refractivity contribution in [1.29, 1.82) is 0 Å². The number of nitrogens with one attached hydrogen (secondary N) is 1. The number of aromatic nitrogens is 3. The third-order valence-electron chi connectivity index (χ3n) is 3.99. The van der Waals surface area contributed by atoms with Crippen LogP contribution in [0.2, 0.25) is 0 Å². The summed E-state index contributed by atoms with van der Waals surface area (Å²) in [6.07, 6.45) is 3.28. The second kappa shape index (κ2) is 6.24. The van der Waals surface area contributed by atoms with E-state index in [4.69, 9.17) is 0 Å². The number of aryl methyl sites for hydroxylation is 2. The molecule has 3 rings (SSSR count). The zero-order valence-corrected chi connectivity index (χ0v) is 15.2. The molecule has 0 saturated heterocycles. The first-order valence-corrected chi connectivity index (χ1v) is 8.26. The van der Waals surface area contributed by atoms with E-state index in [9.17, 15) is 4.79 Å². The normalized spacial score (nSPS) is 11.6. The number of rotatable bonds is 2. The van der Waals surface area contributed by atoms with Crippen LogP contribution in [0.1, 0.15) is 48.2 Å². The molecule has 5 nitrogen and oxygen atoms in total. The number of benzene rings is 1. The molecule has 1 aromatic carbocycles. The van der Waals surface area contributed by atoms with Gasteiger partial charge in [0.2, 0.25) is 0 Å². The van der Waals surface area contributed by atoms with Gasteiger partial charge in [0.1, 0.15) is 5.82 Å². The number of carbonyl (C=O) groups is 1. The van der Waals surface area contributed by atoms with Gasteiger partial charge in [-0.25, -0.2) is 9.97 Å². The van der Waals surface area contributed by atoms with E-state index in [1.165, 1.54) is 0 Å². The Morgan fingerprint density at radius 3 is 2.36 bits per heavy atom. The molecule has 0 radical (unpaired) electrons. The summed E-state index contributed by atoms with van der Waals surface area (Å²) in [7, 11) is 0. The molecule has 0 aliphatic rings. The van der Waals surface area contributed by atoms with E-state index < -0.39 is 0 Å². The van der Waals surface area contributed by atoms with E-state index >= 15 is 0 Å². The van der Waals surface area contributed by atoms with Crippen LogP contribution in [-0.4, -0.2) is 20.9 Å². The zero-order chi connectivity index (χ0) is 18.2. The molecule has 2 heterocycles. The summed E-state index contributed by atoms with van der Waals surface area (Å²) < 4.78 is 0. The van der Waals surface area contributed by atoms with Crippen molar-refractivity contribution in [2.24, 2.45) is 0 Å². The van der Waals surface area contributed by atoms with Crippen LogP contribution < -0.4 is 5.32 Å². The predicted molar refractivity (Wildman–Crippen MR) is 99.9 cm³/mol. The Morgan fingerprint density at radius 1 is 1.04 bits per heavy atom. The van der Waals surface area contributed by atoms with Crippen molar-refractivity contribution >= 4 is 22.5 Å². The van der Waals surface area contributed by atoms with Crippen molar-refractivity contribution in [3.05, 3.63) is 59.3 Å². The molecule has 0 aliphatic carbocycles. The molecule has 0 aliphatic heterocycles. The number of hydrogen-bond acceptors (Lipinski definition) is 4. The van der Waals surface area contributed by atoms with Crippen LogP contribution in [0, 0.1) is 13.8 Å². The topological polar surface area (TPSA) is 67.8 Å². The van der Waals surface area contributed by atoms with E-state index in [0.717, 1.165) is 22.3 Å². The van der Waals surface area contributed by atoms with Crippen LogP contribution in [0.25, 0.3) is 10.9 Å². The van der Waals surface area contributed by atoms with E-state index in [1.54, 1.807) is 12.4 Å². The van der Waals surface area contributed by atoms with Crippen molar-refractivity contribution < 1.29 is 4.79 Å². The number of fused-ring (bicyclic) bond motifs is 1. The van der Waals surface area contributed by atoms with E-state index in [0.29, 0.717) is 16.9 Å². The molecule has 1 amide bonds. The number of amides is 1. The smallest absolute Gasteiger partial charge is 0.257 e. The van der Waals surface area contributed by atoms with Crippen molar-refractivity contribution in [2.75, 3.05) is 5.32 Å². The van der Waals surface area contributed by atoms with E-state index in [-0.39, 0.29) is 11.3 Å². The Bertz CT molecular complexity index is 940. The van der Waals surface area contributed by atoms with Gasteiger partial charge in [-0.05, 0) is 31.5 Å². The third kappa shape index (κ3) is 3.65. The Balaban J connectivity index is 1.87. The number of pyridine rings is 1. The minimum Gasteiger partial charge on any atom is -0.319 e. The van der Waals surface area contributed by atoms with Crippen molar-refractivity contribution in [3.8, 4) is 0 Å². The monoisotopic (exact) mass is 334 g/mol. The fourth-order valence-electron chi connectivity index (χ4n) is 2.58. The quantitative estimate of drug-likeness (QED) is 0.763. The van der Waals surface area contributed by atoms with Crippen LogP contribution >= 0.6 is 0 Å². The van der Waals surface area contributed by atoms with Crippen LogP contribution in [0.4, 0.5) is 5.69 Å². The van der Waals surface area contributed by atoms with Gasteiger partial charge in [-0.1, -0.05) is 32.9 Å². The maximum Gasteiger partial charge on any atom is 0.257 e. The van der Waals surface area contributed by atoms with Gasteiger partial charge >= 0.3 is 0 Å². The van der Waals surface area contributed by atoms with Gasteiger partial charge in [0.25, 0.3) is 5.91 Å². The number of nitrogens with zero attached hydrogens (tertiary/aromatic N) is 3. The molecular formula is C20H22N4O. The summed E-state index contributed by atoms with van der Waals surface area (Å²) in [5.41, 5.74) is 3.74. The van der Waals surface area contributed by atoms with Crippen molar-refractivity contribution in [2.45, 2.75) is 40.0 Å². The average molecular weight is 334 g/mol. The molecule has 128 valence electrons. The highest BCUT2D eigenvalue weighted by molar-refractivity contribution is 6.06. The first-order valence-electron chi connectivity index (χ1n) is 8.26. The average Bonchev–Trinajstić information content (AvgIpc) is 2.53. The summed E-state index contributed by atoms with van der Waals surface area (Å²) in [5.74, 6) is 0.531. The fraction of sp³-hybridized carbons (Fsp3) is 0.300. The Labute approximate surface area is 147 Å². The lowest BCUT2D eigenvalue weighted by molar-refractivity contribution is 0.102. The Kier molecular flexibility index (Phi) is 4.25. The molecule has 5 heteroatoms. The summed E-state index contributed by atoms with van der Waals surface area (Å²) in [5, 5.41) is 3.79. The molecule has 0 saturated carbocycles.